The average molecular weight is 399 g/mol. The van der Waals surface area contributed by atoms with Crippen molar-refractivity contribution in [2.75, 3.05) is 26.2 Å². The lowest BCUT2D eigenvalue weighted by Gasteiger charge is -2.26. The zero-order valence-corrected chi connectivity index (χ0v) is 17.1. The summed E-state index contributed by atoms with van der Waals surface area (Å²) in [5.74, 6) is 0.929. The van der Waals surface area contributed by atoms with E-state index in [9.17, 15) is 0 Å². The Hall–Kier alpha value is -3.18. The third kappa shape index (κ3) is 4.07. The largest absolute Gasteiger partial charge is 0.492 e. The molecule has 3 heterocycles. The number of nitrogens with zero attached hydrogens (tertiary/aromatic N) is 4. The van der Waals surface area contributed by atoms with Crippen molar-refractivity contribution in [1.82, 2.24) is 19.4 Å². The minimum atomic E-state index is 0.748. The summed E-state index contributed by atoms with van der Waals surface area (Å²) in [4.78, 5) is 11.2. The Morgan fingerprint density at radius 3 is 2.40 bits per heavy atom. The van der Waals surface area contributed by atoms with Crippen molar-refractivity contribution >= 4 is 11.0 Å². The lowest BCUT2D eigenvalue weighted by molar-refractivity contribution is 0.183. The Balaban J connectivity index is 1.27. The normalized spacial score (nSPS) is 14.8. The molecule has 2 aromatic heterocycles. The predicted molar refractivity (Wildman–Crippen MR) is 120 cm³/mol. The van der Waals surface area contributed by atoms with Gasteiger partial charge in [-0.25, -0.2) is 4.98 Å². The van der Waals surface area contributed by atoms with Gasteiger partial charge in [0.25, 0.3) is 0 Å². The number of piperidine rings is 1. The summed E-state index contributed by atoms with van der Waals surface area (Å²) in [6.07, 6.45) is 9.47. The van der Waals surface area contributed by atoms with Gasteiger partial charge < -0.3 is 4.74 Å². The van der Waals surface area contributed by atoms with Crippen molar-refractivity contribution in [3.8, 4) is 22.6 Å². The van der Waals surface area contributed by atoms with Gasteiger partial charge in [-0.1, -0.05) is 24.6 Å². The summed E-state index contributed by atoms with van der Waals surface area (Å²) < 4.78 is 8.04. The summed E-state index contributed by atoms with van der Waals surface area (Å²) in [5, 5.41) is 0. The molecule has 0 spiro atoms. The van der Waals surface area contributed by atoms with Crippen LogP contribution >= 0.6 is 0 Å². The summed E-state index contributed by atoms with van der Waals surface area (Å²) in [5.41, 5.74) is 5.45. The molecule has 0 saturated carbocycles. The minimum Gasteiger partial charge on any atom is -0.492 e. The Labute approximate surface area is 177 Å². The van der Waals surface area contributed by atoms with Crippen molar-refractivity contribution in [2.45, 2.75) is 19.3 Å². The third-order valence-electron chi connectivity index (χ3n) is 5.80. The number of benzene rings is 2. The molecule has 0 N–H and O–H groups in total. The molecule has 0 radical (unpaired) electrons. The van der Waals surface area contributed by atoms with E-state index in [0.29, 0.717) is 0 Å². The monoisotopic (exact) mass is 398 g/mol. The summed E-state index contributed by atoms with van der Waals surface area (Å²) in [7, 11) is 0. The van der Waals surface area contributed by atoms with Crippen molar-refractivity contribution in [1.29, 1.82) is 0 Å². The van der Waals surface area contributed by atoms with E-state index in [4.69, 9.17) is 4.74 Å². The van der Waals surface area contributed by atoms with Crippen LogP contribution < -0.4 is 4.74 Å². The summed E-state index contributed by atoms with van der Waals surface area (Å²) >= 11 is 0. The van der Waals surface area contributed by atoms with E-state index in [1.54, 1.807) is 12.4 Å². The smallest absolute Gasteiger partial charge is 0.119 e. The molecule has 4 aromatic rings. The van der Waals surface area contributed by atoms with E-state index >= 15 is 0 Å². The van der Waals surface area contributed by atoms with Crippen molar-refractivity contribution in [2.24, 2.45) is 0 Å². The number of pyridine rings is 1. The Bertz CT molecular complexity index is 1100. The first-order valence-electron chi connectivity index (χ1n) is 10.7. The average Bonchev–Trinajstić information content (AvgIpc) is 3.24. The lowest BCUT2D eigenvalue weighted by Crippen LogP contribution is -2.33. The standard InChI is InChI=1S/C25H26N4O/c1-2-14-28(15-3-1)16-17-30-23-7-4-20(5-8-23)21-6-9-25-24(18-21)27-19-29(25)22-10-12-26-13-11-22/h4-13,18-19H,1-3,14-17H2. The van der Waals surface area contributed by atoms with Gasteiger partial charge in [-0.15, -0.1) is 0 Å². The maximum absolute atomic E-state index is 5.96. The zero-order valence-electron chi connectivity index (χ0n) is 17.1. The highest BCUT2D eigenvalue weighted by atomic mass is 16.5. The molecule has 0 aliphatic carbocycles. The van der Waals surface area contributed by atoms with Gasteiger partial charge in [-0.05, 0) is 73.5 Å². The van der Waals surface area contributed by atoms with Crippen molar-refractivity contribution < 1.29 is 4.74 Å². The maximum Gasteiger partial charge on any atom is 0.119 e. The molecule has 0 amide bonds. The Kier molecular flexibility index (Phi) is 5.44. The predicted octanol–water partition coefficient (Wildman–Crippen LogP) is 4.95. The van der Waals surface area contributed by atoms with Crippen LogP contribution in [0.2, 0.25) is 0 Å². The minimum absolute atomic E-state index is 0.748. The van der Waals surface area contributed by atoms with E-state index in [2.05, 4.69) is 61.9 Å². The van der Waals surface area contributed by atoms with Crippen LogP contribution in [-0.4, -0.2) is 45.7 Å². The molecular formula is C25H26N4O. The number of ether oxygens (including phenoxy) is 1. The third-order valence-corrected chi connectivity index (χ3v) is 5.80. The molecule has 152 valence electrons. The molecule has 0 unspecified atom stereocenters. The number of hydrogen-bond donors (Lipinski definition) is 0. The quantitative estimate of drug-likeness (QED) is 0.461. The van der Waals surface area contributed by atoms with E-state index in [0.717, 1.165) is 41.2 Å². The molecule has 5 heteroatoms. The van der Waals surface area contributed by atoms with Crippen molar-refractivity contribution in [3.63, 3.8) is 0 Å². The topological polar surface area (TPSA) is 43.2 Å². The fraction of sp³-hybridized carbons (Fsp3) is 0.280. The van der Waals surface area contributed by atoms with Crippen LogP contribution in [0.5, 0.6) is 5.75 Å². The number of imidazole rings is 1. The molecular weight excluding hydrogens is 372 g/mol. The fourth-order valence-electron chi connectivity index (χ4n) is 4.12. The molecule has 1 saturated heterocycles. The molecule has 5 nitrogen and oxygen atoms in total. The van der Waals surface area contributed by atoms with Gasteiger partial charge in [0.15, 0.2) is 0 Å². The zero-order chi connectivity index (χ0) is 20.2. The van der Waals surface area contributed by atoms with Crippen LogP contribution in [0.1, 0.15) is 19.3 Å². The highest BCUT2D eigenvalue weighted by Gasteiger charge is 2.10. The Morgan fingerprint density at radius 1 is 0.833 bits per heavy atom. The van der Waals surface area contributed by atoms with Gasteiger partial charge in [0.05, 0.1) is 16.7 Å². The highest BCUT2D eigenvalue weighted by molar-refractivity contribution is 5.83. The summed E-state index contributed by atoms with van der Waals surface area (Å²) in [6.45, 7) is 4.18. The number of fused-ring (bicyclic) bond motifs is 1. The fourth-order valence-corrected chi connectivity index (χ4v) is 4.12. The van der Waals surface area contributed by atoms with Crippen LogP contribution in [0, 0.1) is 0 Å². The second-order valence-corrected chi connectivity index (χ2v) is 7.80. The summed E-state index contributed by atoms with van der Waals surface area (Å²) in [6, 6.07) is 18.7. The first kappa shape index (κ1) is 18.8. The van der Waals surface area contributed by atoms with Crippen LogP contribution in [0.15, 0.2) is 73.3 Å². The number of likely N-dealkylation sites (tertiary alicyclic amines) is 1. The molecule has 1 aliphatic heterocycles. The molecule has 2 aromatic carbocycles. The van der Waals surface area contributed by atoms with Gasteiger partial charge in [0.1, 0.15) is 18.7 Å². The van der Waals surface area contributed by atoms with Gasteiger partial charge in [0, 0.05) is 18.9 Å². The van der Waals surface area contributed by atoms with Crippen LogP contribution in [0.25, 0.3) is 27.8 Å². The van der Waals surface area contributed by atoms with Gasteiger partial charge >= 0.3 is 0 Å². The molecule has 1 fully saturated rings. The van der Waals surface area contributed by atoms with Crippen molar-refractivity contribution in [3.05, 3.63) is 73.3 Å². The first-order valence-corrected chi connectivity index (χ1v) is 10.7. The van der Waals surface area contributed by atoms with Gasteiger partial charge in [0.2, 0.25) is 0 Å². The van der Waals surface area contributed by atoms with E-state index in [-0.39, 0.29) is 0 Å². The second kappa shape index (κ2) is 8.67. The number of rotatable bonds is 6. The van der Waals surface area contributed by atoms with E-state index in [1.807, 2.05) is 18.5 Å². The lowest BCUT2D eigenvalue weighted by atomic mass is 10.0. The van der Waals surface area contributed by atoms with E-state index < -0.39 is 0 Å². The molecule has 30 heavy (non-hydrogen) atoms. The molecule has 0 bridgehead atoms. The molecule has 1 aliphatic rings. The first-order chi connectivity index (χ1) is 14.9. The number of aromatic nitrogens is 3. The second-order valence-electron chi connectivity index (χ2n) is 7.80. The van der Waals surface area contributed by atoms with Crippen LogP contribution in [0.3, 0.4) is 0 Å². The highest BCUT2D eigenvalue weighted by Crippen LogP contribution is 2.27. The SMILES string of the molecule is c1cc(-n2cnc3cc(-c4ccc(OCCN5CCCCC5)cc4)ccc32)ccn1. The molecule has 0 atom stereocenters. The van der Waals surface area contributed by atoms with Crippen LogP contribution in [-0.2, 0) is 0 Å². The Morgan fingerprint density at radius 2 is 1.60 bits per heavy atom. The van der Waals surface area contributed by atoms with E-state index in [1.165, 1.54) is 37.9 Å². The van der Waals surface area contributed by atoms with Gasteiger partial charge in [-0.3, -0.25) is 14.5 Å². The molecule has 5 rings (SSSR count). The van der Waals surface area contributed by atoms with Gasteiger partial charge in [-0.2, -0.15) is 0 Å². The maximum atomic E-state index is 5.96. The van der Waals surface area contributed by atoms with Crippen LogP contribution in [0.4, 0.5) is 0 Å². The number of hydrogen-bond acceptors (Lipinski definition) is 4.